The summed E-state index contributed by atoms with van der Waals surface area (Å²) in [7, 11) is 0. The maximum Gasteiger partial charge on any atom is 0.228 e. The first kappa shape index (κ1) is 15.2. The molecule has 0 radical (unpaired) electrons. The van der Waals surface area contributed by atoms with Crippen molar-refractivity contribution in [3.8, 4) is 0 Å². The van der Waals surface area contributed by atoms with Crippen LogP contribution in [-0.4, -0.2) is 19.0 Å². The Bertz CT molecular complexity index is 498. The lowest BCUT2D eigenvalue weighted by molar-refractivity contribution is -0.118. The number of benzene rings is 1. The van der Waals surface area contributed by atoms with E-state index >= 15 is 0 Å². The average molecular weight is 303 g/mol. The molecule has 6 heteroatoms. The van der Waals surface area contributed by atoms with Crippen LogP contribution in [0.1, 0.15) is 19.3 Å². The van der Waals surface area contributed by atoms with Crippen LogP contribution in [-0.2, 0) is 4.79 Å². The van der Waals surface area contributed by atoms with Crippen LogP contribution in [0.15, 0.2) is 18.2 Å². The molecule has 1 spiro atoms. The van der Waals surface area contributed by atoms with E-state index in [9.17, 15) is 13.6 Å². The highest BCUT2D eigenvalue weighted by atomic mass is 35.5. The maximum atomic E-state index is 13.0. The van der Waals surface area contributed by atoms with Crippen molar-refractivity contribution in [1.82, 2.24) is 5.32 Å². The number of carbonyl (C=O) groups excluding carboxylic acids is 1. The number of nitrogens with one attached hydrogen (secondary N) is 2. The Morgan fingerprint density at radius 2 is 1.80 bits per heavy atom. The zero-order valence-electron chi connectivity index (χ0n) is 10.9. The van der Waals surface area contributed by atoms with Gasteiger partial charge < -0.3 is 10.6 Å². The van der Waals surface area contributed by atoms with Gasteiger partial charge in [-0.1, -0.05) is 0 Å². The fourth-order valence-corrected chi connectivity index (χ4v) is 3.05. The van der Waals surface area contributed by atoms with Crippen LogP contribution in [0.3, 0.4) is 0 Å². The quantitative estimate of drug-likeness (QED) is 0.882. The minimum atomic E-state index is -0.678. The fourth-order valence-electron chi connectivity index (χ4n) is 3.05. The van der Waals surface area contributed by atoms with E-state index in [1.807, 2.05) is 0 Å². The van der Waals surface area contributed by atoms with Gasteiger partial charge in [-0.05, 0) is 49.9 Å². The summed E-state index contributed by atoms with van der Waals surface area (Å²) in [6.07, 6.45) is 2.89. The Labute approximate surface area is 122 Å². The lowest BCUT2D eigenvalue weighted by atomic mass is 9.92. The number of anilines is 1. The number of amides is 1. The zero-order valence-corrected chi connectivity index (χ0v) is 11.7. The zero-order chi connectivity index (χ0) is 13.5. The van der Waals surface area contributed by atoms with Gasteiger partial charge in [0.15, 0.2) is 0 Å². The third-order valence-electron chi connectivity index (χ3n) is 4.24. The van der Waals surface area contributed by atoms with Crippen molar-refractivity contribution in [2.45, 2.75) is 19.3 Å². The molecule has 110 valence electrons. The van der Waals surface area contributed by atoms with Crippen molar-refractivity contribution in [3.05, 3.63) is 29.8 Å². The van der Waals surface area contributed by atoms with Gasteiger partial charge in [0.1, 0.15) is 11.6 Å². The Morgan fingerprint density at radius 1 is 1.20 bits per heavy atom. The number of halogens is 3. The molecule has 3 rings (SSSR count). The van der Waals surface area contributed by atoms with Gasteiger partial charge in [0.2, 0.25) is 5.91 Å². The summed E-state index contributed by atoms with van der Waals surface area (Å²) in [5, 5.41) is 5.89. The second kappa shape index (κ2) is 5.66. The Balaban J connectivity index is 0.00000147. The van der Waals surface area contributed by atoms with Crippen molar-refractivity contribution >= 4 is 24.0 Å². The van der Waals surface area contributed by atoms with Crippen molar-refractivity contribution in [2.24, 2.45) is 11.3 Å². The van der Waals surface area contributed by atoms with Gasteiger partial charge in [0.05, 0.1) is 0 Å². The van der Waals surface area contributed by atoms with Gasteiger partial charge in [0, 0.05) is 17.7 Å². The molecule has 0 aromatic heterocycles. The molecule has 1 heterocycles. The SMILES string of the molecule is Cl.O=C(Nc1cc(F)cc(F)c1)C1CC12CCNCC2. The predicted molar refractivity (Wildman–Crippen MR) is 74.9 cm³/mol. The summed E-state index contributed by atoms with van der Waals surface area (Å²) >= 11 is 0. The molecule has 1 unspecified atom stereocenters. The number of piperidine rings is 1. The van der Waals surface area contributed by atoms with Crippen LogP contribution in [0, 0.1) is 23.0 Å². The number of hydrogen-bond donors (Lipinski definition) is 2. The highest BCUT2D eigenvalue weighted by Gasteiger charge is 2.57. The second-order valence-corrected chi connectivity index (χ2v) is 5.52. The number of hydrogen-bond acceptors (Lipinski definition) is 2. The van der Waals surface area contributed by atoms with Crippen molar-refractivity contribution in [3.63, 3.8) is 0 Å². The van der Waals surface area contributed by atoms with E-state index < -0.39 is 11.6 Å². The highest BCUT2D eigenvalue weighted by molar-refractivity contribution is 5.95. The van der Waals surface area contributed by atoms with E-state index in [4.69, 9.17) is 0 Å². The molecule has 20 heavy (non-hydrogen) atoms. The Hall–Kier alpha value is -1.20. The molecule has 2 fully saturated rings. The molecule has 1 saturated heterocycles. The first-order valence-corrected chi connectivity index (χ1v) is 6.57. The van der Waals surface area contributed by atoms with Crippen molar-refractivity contribution < 1.29 is 13.6 Å². The standard InChI is InChI=1S/C14H16F2N2O.ClH/c15-9-5-10(16)7-11(6-9)18-13(19)12-8-14(12)1-3-17-4-2-14;/h5-7,12,17H,1-4,8H2,(H,18,19);1H. The third kappa shape index (κ3) is 2.94. The smallest absolute Gasteiger partial charge is 0.228 e. The summed E-state index contributed by atoms with van der Waals surface area (Å²) in [5.74, 6) is -1.49. The van der Waals surface area contributed by atoms with E-state index in [1.54, 1.807) is 0 Å². The van der Waals surface area contributed by atoms with Crippen molar-refractivity contribution in [2.75, 3.05) is 18.4 Å². The molecular weight excluding hydrogens is 286 g/mol. The first-order valence-electron chi connectivity index (χ1n) is 6.57. The van der Waals surface area contributed by atoms with E-state index in [2.05, 4.69) is 10.6 Å². The fraction of sp³-hybridized carbons (Fsp3) is 0.500. The highest BCUT2D eigenvalue weighted by Crippen LogP contribution is 2.58. The Morgan fingerprint density at radius 3 is 2.40 bits per heavy atom. The number of rotatable bonds is 2. The first-order chi connectivity index (χ1) is 9.09. The van der Waals surface area contributed by atoms with E-state index in [0.717, 1.165) is 50.6 Å². The van der Waals surface area contributed by atoms with Gasteiger partial charge in [-0.15, -0.1) is 12.4 Å². The van der Waals surface area contributed by atoms with Crippen LogP contribution in [0.4, 0.5) is 14.5 Å². The molecule has 2 N–H and O–H groups in total. The third-order valence-corrected chi connectivity index (χ3v) is 4.24. The topological polar surface area (TPSA) is 41.1 Å². The lowest BCUT2D eigenvalue weighted by Crippen LogP contribution is -2.31. The van der Waals surface area contributed by atoms with Gasteiger partial charge in [-0.25, -0.2) is 8.78 Å². The molecule has 1 atom stereocenters. The minimum Gasteiger partial charge on any atom is -0.326 e. The van der Waals surface area contributed by atoms with Crippen LogP contribution in [0.25, 0.3) is 0 Å². The van der Waals surface area contributed by atoms with Crippen molar-refractivity contribution in [1.29, 1.82) is 0 Å². The molecular formula is C14H17ClF2N2O. The predicted octanol–water partition coefficient (Wildman–Crippen LogP) is 2.71. The summed E-state index contributed by atoms with van der Waals surface area (Å²) in [6.45, 7) is 1.89. The average Bonchev–Trinajstić information content (AvgIpc) is 3.02. The van der Waals surface area contributed by atoms with E-state index in [-0.39, 0.29) is 35.3 Å². The van der Waals surface area contributed by atoms with Crippen LogP contribution in [0.2, 0.25) is 0 Å². The monoisotopic (exact) mass is 302 g/mol. The van der Waals surface area contributed by atoms with Gasteiger partial charge in [-0.3, -0.25) is 4.79 Å². The molecule has 2 aliphatic rings. The largest absolute Gasteiger partial charge is 0.326 e. The molecule has 1 aromatic carbocycles. The molecule has 3 nitrogen and oxygen atoms in total. The number of carbonyl (C=O) groups is 1. The second-order valence-electron chi connectivity index (χ2n) is 5.52. The van der Waals surface area contributed by atoms with Crippen LogP contribution in [0.5, 0.6) is 0 Å². The van der Waals surface area contributed by atoms with Gasteiger partial charge >= 0.3 is 0 Å². The summed E-state index contributed by atoms with van der Waals surface area (Å²) in [4.78, 5) is 12.1. The molecule has 1 amide bonds. The summed E-state index contributed by atoms with van der Waals surface area (Å²) in [5.41, 5.74) is 0.319. The molecule has 1 saturated carbocycles. The molecule has 1 aliphatic carbocycles. The van der Waals surface area contributed by atoms with Crippen LogP contribution >= 0.6 is 12.4 Å². The summed E-state index contributed by atoms with van der Waals surface area (Å²) in [6, 6.07) is 3.07. The van der Waals surface area contributed by atoms with E-state index in [1.165, 1.54) is 0 Å². The van der Waals surface area contributed by atoms with Crippen LogP contribution < -0.4 is 10.6 Å². The molecule has 1 aliphatic heterocycles. The van der Waals surface area contributed by atoms with Gasteiger partial charge in [-0.2, -0.15) is 0 Å². The van der Waals surface area contributed by atoms with E-state index in [0.29, 0.717) is 0 Å². The maximum absolute atomic E-state index is 13.0. The Kier molecular flexibility index (Phi) is 4.30. The van der Waals surface area contributed by atoms with Gasteiger partial charge in [0.25, 0.3) is 0 Å². The molecule has 0 bridgehead atoms. The minimum absolute atomic E-state index is 0. The molecule has 1 aromatic rings. The normalized spacial score (nSPS) is 23.0. The lowest BCUT2D eigenvalue weighted by Gasteiger charge is -2.23. The summed E-state index contributed by atoms with van der Waals surface area (Å²) < 4.78 is 26.1.